The first kappa shape index (κ1) is 10.7. The number of anilines is 1. The maximum Gasteiger partial charge on any atom is 0.138 e. The van der Waals surface area contributed by atoms with Crippen LogP contribution >= 0.6 is 11.6 Å². The van der Waals surface area contributed by atoms with Gasteiger partial charge in [-0.05, 0) is 25.1 Å². The van der Waals surface area contributed by atoms with Crippen LogP contribution in [-0.4, -0.2) is 6.61 Å². The minimum Gasteiger partial charge on any atom is -0.491 e. The number of halogens is 1. The Morgan fingerprint density at radius 2 is 2.29 bits per heavy atom. The van der Waals surface area contributed by atoms with Gasteiger partial charge in [0, 0.05) is 12.1 Å². The Bertz CT molecular complexity index is 365. The minimum atomic E-state index is 0.537. The third-order valence-electron chi connectivity index (χ3n) is 1.62. The monoisotopic (exact) mass is 209 g/mol. The molecule has 0 aliphatic rings. The topological polar surface area (TPSA) is 35.2 Å². The van der Waals surface area contributed by atoms with Crippen molar-refractivity contribution < 1.29 is 4.74 Å². The molecule has 0 aromatic heterocycles. The average Bonchev–Trinajstić information content (AvgIpc) is 2.15. The summed E-state index contributed by atoms with van der Waals surface area (Å²) in [6, 6.07) is 5.19. The SMILES string of the molecule is CC#CCCOc1ccc(N)cc1Cl. The van der Waals surface area contributed by atoms with E-state index in [4.69, 9.17) is 22.1 Å². The van der Waals surface area contributed by atoms with E-state index in [1.54, 1.807) is 25.1 Å². The van der Waals surface area contributed by atoms with Gasteiger partial charge >= 0.3 is 0 Å². The number of ether oxygens (including phenoxy) is 1. The van der Waals surface area contributed by atoms with Crippen LogP contribution in [-0.2, 0) is 0 Å². The first-order valence-electron chi connectivity index (χ1n) is 4.31. The lowest BCUT2D eigenvalue weighted by molar-refractivity contribution is 0.327. The first-order chi connectivity index (χ1) is 6.74. The molecule has 14 heavy (non-hydrogen) atoms. The molecule has 0 bridgehead atoms. The quantitative estimate of drug-likeness (QED) is 0.472. The highest BCUT2D eigenvalue weighted by Gasteiger charge is 2.00. The molecule has 0 radical (unpaired) electrons. The Kier molecular flexibility index (Phi) is 4.15. The fourth-order valence-corrected chi connectivity index (χ4v) is 1.21. The average molecular weight is 210 g/mol. The maximum absolute atomic E-state index is 5.90. The zero-order valence-corrected chi connectivity index (χ0v) is 8.77. The van der Waals surface area contributed by atoms with E-state index in [9.17, 15) is 0 Å². The van der Waals surface area contributed by atoms with E-state index in [-0.39, 0.29) is 0 Å². The largest absolute Gasteiger partial charge is 0.491 e. The standard InChI is InChI=1S/C11H12ClNO/c1-2-3-4-7-14-11-6-5-9(13)8-10(11)12/h5-6,8H,4,7,13H2,1H3. The summed E-state index contributed by atoms with van der Waals surface area (Å²) in [5.41, 5.74) is 6.18. The van der Waals surface area contributed by atoms with Crippen LogP contribution < -0.4 is 10.5 Å². The van der Waals surface area contributed by atoms with Gasteiger partial charge in [0.2, 0.25) is 0 Å². The molecule has 0 unspecified atom stereocenters. The summed E-state index contributed by atoms with van der Waals surface area (Å²) >= 11 is 5.90. The molecule has 0 amide bonds. The van der Waals surface area contributed by atoms with Crippen molar-refractivity contribution in [2.75, 3.05) is 12.3 Å². The van der Waals surface area contributed by atoms with Crippen LogP contribution in [0.15, 0.2) is 18.2 Å². The second-order valence-electron chi connectivity index (χ2n) is 2.72. The predicted molar refractivity (Wildman–Crippen MR) is 59.4 cm³/mol. The molecule has 0 spiro atoms. The van der Waals surface area contributed by atoms with Crippen LogP contribution in [0.1, 0.15) is 13.3 Å². The molecule has 2 N–H and O–H groups in total. The lowest BCUT2D eigenvalue weighted by atomic mass is 10.3. The van der Waals surface area contributed by atoms with E-state index < -0.39 is 0 Å². The van der Waals surface area contributed by atoms with Crippen molar-refractivity contribution in [3.8, 4) is 17.6 Å². The van der Waals surface area contributed by atoms with Gasteiger partial charge < -0.3 is 10.5 Å². The molecule has 1 rings (SSSR count). The van der Waals surface area contributed by atoms with Gasteiger partial charge in [0.1, 0.15) is 5.75 Å². The van der Waals surface area contributed by atoms with Crippen LogP contribution in [0, 0.1) is 11.8 Å². The fraction of sp³-hybridized carbons (Fsp3) is 0.273. The summed E-state index contributed by atoms with van der Waals surface area (Å²) in [5.74, 6) is 6.35. The number of benzene rings is 1. The second kappa shape index (κ2) is 5.41. The highest BCUT2D eigenvalue weighted by molar-refractivity contribution is 6.32. The molecule has 2 nitrogen and oxygen atoms in total. The van der Waals surface area contributed by atoms with E-state index in [2.05, 4.69) is 11.8 Å². The first-order valence-corrected chi connectivity index (χ1v) is 4.69. The van der Waals surface area contributed by atoms with Gasteiger partial charge in [0.05, 0.1) is 11.6 Å². The smallest absolute Gasteiger partial charge is 0.138 e. The molecule has 1 aromatic rings. The van der Waals surface area contributed by atoms with Crippen molar-refractivity contribution in [2.24, 2.45) is 0 Å². The molecule has 0 atom stereocenters. The summed E-state index contributed by atoms with van der Waals surface area (Å²) in [7, 11) is 0. The van der Waals surface area contributed by atoms with Crippen LogP contribution in [0.3, 0.4) is 0 Å². The van der Waals surface area contributed by atoms with Crippen molar-refractivity contribution in [1.29, 1.82) is 0 Å². The number of hydrogen-bond acceptors (Lipinski definition) is 2. The highest BCUT2D eigenvalue weighted by atomic mass is 35.5. The Hall–Kier alpha value is -1.33. The lowest BCUT2D eigenvalue weighted by Gasteiger charge is -2.06. The van der Waals surface area contributed by atoms with Crippen molar-refractivity contribution >= 4 is 17.3 Å². The molecular formula is C11H12ClNO. The van der Waals surface area contributed by atoms with Gasteiger partial charge in [0.15, 0.2) is 0 Å². The van der Waals surface area contributed by atoms with Gasteiger partial charge in [-0.25, -0.2) is 0 Å². The summed E-state index contributed by atoms with van der Waals surface area (Å²) in [6.07, 6.45) is 0.706. The Labute approximate surface area is 89.0 Å². The molecule has 0 fully saturated rings. The fourth-order valence-electron chi connectivity index (χ4n) is 0.971. The molecule has 0 saturated heterocycles. The number of nitrogen functional groups attached to an aromatic ring is 1. The van der Waals surface area contributed by atoms with E-state index >= 15 is 0 Å². The minimum absolute atomic E-state index is 0.537. The van der Waals surface area contributed by atoms with Gasteiger partial charge in [-0.2, -0.15) is 0 Å². The summed E-state index contributed by atoms with van der Waals surface area (Å²) in [4.78, 5) is 0. The molecule has 74 valence electrons. The van der Waals surface area contributed by atoms with E-state index in [1.165, 1.54) is 0 Å². The zero-order valence-electron chi connectivity index (χ0n) is 8.01. The number of nitrogens with two attached hydrogens (primary N) is 1. The van der Waals surface area contributed by atoms with Crippen molar-refractivity contribution in [2.45, 2.75) is 13.3 Å². The molecule has 0 heterocycles. The van der Waals surface area contributed by atoms with E-state index in [0.29, 0.717) is 29.5 Å². The molecule has 3 heteroatoms. The third kappa shape index (κ3) is 3.20. The second-order valence-corrected chi connectivity index (χ2v) is 3.12. The van der Waals surface area contributed by atoms with Crippen molar-refractivity contribution in [3.05, 3.63) is 23.2 Å². The molecule has 1 aromatic carbocycles. The van der Waals surface area contributed by atoms with Gasteiger partial charge in [0.25, 0.3) is 0 Å². The van der Waals surface area contributed by atoms with Crippen LogP contribution in [0.4, 0.5) is 5.69 Å². The van der Waals surface area contributed by atoms with E-state index in [1.807, 2.05) is 0 Å². The molecule has 0 aliphatic carbocycles. The van der Waals surface area contributed by atoms with E-state index in [0.717, 1.165) is 0 Å². The molecule has 0 aliphatic heterocycles. The van der Waals surface area contributed by atoms with Crippen LogP contribution in [0.2, 0.25) is 5.02 Å². The van der Waals surface area contributed by atoms with Gasteiger partial charge in [-0.1, -0.05) is 11.6 Å². The lowest BCUT2D eigenvalue weighted by Crippen LogP contribution is -1.96. The molecular weight excluding hydrogens is 198 g/mol. The Morgan fingerprint density at radius 3 is 2.93 bits per heavy atom. The summed E-state index contributed by atoms with van der Waals surface area (Å²) in [5, 5.41) is 0.537. The van der Waals surface area contributed by atoms with Crippen LogP contribution in [0.5, 0.6) is 5.75 Å². The maximum atomic E-state index is 5.90. The Morgan fingerprint density at radius 1 is 1.50 bits per heavy atom. The number of hydrogen-bond donors (Lipinski definition) is 1. The number of rotatable bonds is 3. The van der Waals surface area contributed by atoms with Crippen molar-refractivity contribution in [3.63, 3.8) is 0 Å². The van der Waals surface area contributed by atoms with Gasteiger partial charge in [-0.15, -0.1) is 11.8 Å². The normalized spacial score (nSPS) is 9.00. The zero-order chi connectivity index (χ0) is 10.4. The Balaban J connectivity index is 2.53. The summed E-state index contributed by atoms with van der Waals surface area (Å²) < 4.78 is 5.40. The summed E-state index contributed by atoms with van der Waals surface area (Å²) in [6.45, 7) is 2.35. The third-order valence-corrected chi connectivity index (χ3v) is 1.91. The van der Waals surface area contributed by atoms with Crippen molar-refractivity contribution in [1.82, 2.24) is 0 Å². The predicted octanol–water partition coefficient (Wildman–Crippen LogP) is 2.71. The molecule has 0 saturated carbocycles. The highest BCUT2D eigenvalue weighted by Crippen LogP contribution is 2.26. The van der Waals surface area contributed by atoms with Gasteiger partial charge in [-0.3, -0.25) is 0 Å². The van der Waals surface area contributed by atoms with Crippen LogP contribution in [0.25, 0.3) is 0 Å².